The van der Waals surface area contributed by atoms with Crippen LogP contribution in [0.4, 0.5) is 41.1 Å². The van der Waals surface area contributed by atoms with Gasteiger partial charge in [-0.3, -0.25) is 4.79 Å². The molecule has 2 aliphatic rings. The predicted octanol–water partition coefficient (Wildman–Crippen LogP) is 2.36. The van der Waals surface area contributed by atoms with Gasteiger partial charge in [-0.15, -0.1) is 0 Å². The Hall–Kier alpha value is -3.57. The quantitative estimate of drug-likeness (QED) is 0.549. The molecule has 1 aliphatic heterocycles. The Morgan fingerprint density at radius 2 is 1.90 bits per heavy atom. The molecule has 164 valence electrons. The molecule has 1 aromatic heterocycles. The Balaban J connectivity index is 1.31. The van der Waals surface area contributed by atoms with Gasteiger partial charge in [0.25, 0.3) is 0 Å². The van der Waals surface area contributed by atoms with Crippen molar-refractivity contribution in [2.75, 3.05) is 34.4 Å². The summed E-state index contributed by atoms with van der Waals surface area (Å²) >= 11 is 0. The number of nitrogens with zero attached hydrogens (tertiary/aromatic N) is 3. The van der Waals surface area contributed by atoms with Crippen LogP contribution in [0.2, 0.25) is 0 Å². The van der Waals surface area contributed by atoms with Crippen LogP contribution >= 0.6 is 0 Å². The standard InChI is InChI=1S/C19H20F3N7O2/c1-8-16-17(29(2)7-13(30)27-16)28-18(23-8)24-9-5-10(6-9)25-19(31)26-12-4-3-11(20)14(21)15(12)22/h3-4,9-10H,5-7H2,1-2H3,(H,27,30)(H,23,24,28)(H2,25,26,31). The molecular weight excluding hydrogens is 415 g/mol. The number of rotatable bonds is 4. The summed E-state index contributed by atoms with van der Waals surface area (Å²) in [5.41, 5.74) is 0.771. The first-order valence-corrected chi connectivity index (χ1v) is 9.58. The van der Waals surface area contributed by atoms with Crippen molar-refractivity contribution in [3.05, 3.63) is 35.3 Å². The number of anilines is 4. The molecule has 4 N–H and O–H groups in total. The van der Waals surface area contributed by atoms with Crippen molar-refractivity contribution < 1.29 is 22.8 Å². The molecule has 1 fully saturated rings. The fourth-order valence-corrected chi connectivity index (χ4v) is 3.52. The number of nitrogens with one attached hydrogen (secondary N) is 4. The molecule has 0 atom stereocenters. The summed E-state index contributed by atoms with van der Waals surface area (Å²) in [4.78, 5) is 34.3. The van der Waals surface area contributed by atoms with Gasteiger partial charge in [-0.25, -0.2) is 22.9 Å². The van der Waals surface area contributed by atoms with Crippen LogP contribution in [0.15, 0.2) is 12.1 Å². The van der Waals surface area contributed by atoms with Gasteiger partial charge >= 0.3 is 6.03 Å². The summed E-state index contributed by atoms with van der Waals surface area (Å²) in [7, 11) is 1.77. The van der Waals surface area contributed by atoms with Crippen molar-refractivity contribution in [1.82, 2.24) is 15.3 Å². The Morgan fingerprint density at radius 1 is 1.16 bits per heavy atom. The number of hydrogen-bond donors (Lipinski definition) is 4. The average molecular weight is 435 g/mol. The van der Waals surface area contributed by atoms with Crippen LogP contribution < -0.4 is 26.2 Å². The molecule has 31 heavy (non-hydrogen) atoms. The average Bonchev–Trinajstić information content (AvgIpc) is 2.68. The number of halogens is 3. The minimum Gasteiger partial charge on any atom is -0.351 e. The molecule has 2 aromatic rings. The summed E-state index contributed by atoms with van der Waals surface area (Å²) in [6.07, 6.45) is 1.14. The van der Waals surface area contributed by atoms with E-state index >= 15 is 0 Å². The molecule has 2 heterocycles. The smallest absolute Gasteiger partial charge is 0.319 e. The van der Waals surface area contributed by atoms with Crippen LogP contribution in [0, 0.1) is 24.4 Å². The highest BCUT2D eigenvalue weighted by Crippen LogP contribution is 2.31. The Morgan fingerprint density at radius 3 is 2.65 bits per heavy atom. The van der Waals surface area contributed by atoms with Crippen LogP contribution in [-0.2, 0) is 4.79 Å². The van der Waals surface area contributed by atoms with E-state index in [4.69, 9.17) is 0 Å². The highest BCUT2D eigenvalue weighted by molar-refractivity contribution is 6.00. The van der Waals surface area contributed by atoms with E-state index in [-0.39, 0.29) is 24.5 Å². The first kappa shape index (κ1) is 20.7. The summed E-state index contributed by atoms with van der Waals surface area (Å²) in [5.74, 6) is -3.52. The lowest BCUT2D eigenvalue weighted by atomic mass is 9.87. The molecule has 1 saturated carbocycles. The zero-order valence-corrected chi connectivity index (χ0v) is 16.7. The second-order valence-electron chi connectivity index (χ2n) is 7.57. The Bertz CT molecular complexity index is 1060. The van der Waals surface area contributed by atoms with Gasteiger partial charge < -0.3 is 26.2 Å². The zero-order chi connectivity index (χ0) is 22.3. The van der Waals surface area contributed by atoms with E-state index in [1.807, 2.05) is 0 Å². The van der Waals surface area contributed by atoms with Gasteiger partial charge in [-0.1, -0.05) is 0 Å². The molecule has 9 nitrogen and oxygen atoms in total. The van der Waals surface area contributed by atoms with Crippen molar-refractivity contribution in [3.8, 4) is 0 Å². The van der Waals surface area contributed by atoms with Crippen LogP contribution in [0.25, 0.3) is 0 Å². The lowest BCUT2D eigenvalue weighted by molar-refractivity contribution is -0.115. The number of carbonyl (C=O) groups excluding carboxylic acids is 2. The highest BCUT2D eigenvalue weighted by atomic mass is 19.2. The summed E-state index contributed by atoms with van der Waals surface area (Å²) in [6.45, 7) is 1.98. The summed E-state index contributed by atoms with van der Waals surface area (Å²) in [6, 6.07) is 0.790. The molecule has 0 bridgehead atoms. The lowest BCUT2D eigenvalue weighted by Gasteiger charge is -2.36. The minimum absolute atomic E-state index is 0.00578. The van der Waals surface area contributed by atoms with Crippen molar-refractivity contribution in [1.29, 1.82) is 0 Å². The molecule has 1 aliphatic carbocycles. The topological polar surface area (TPSA) is 111 Å². The number of urea groups is 1. The molecule has 12 heteroatoms. The number of likely N-dealkylation sites (N-methyl/N-ethyl adjacent to an activating group) is 1. The van der Waals surface area contributed by atoms with E-state index in [1.165, 1.54) is 0 Å². The maximum atomic E-state index is 13.7. The SMILES string of the molecule is Cc1nc(NC2CC(NC(=O)Nc3ccc(F)c(F)c3F)C2)nc2c1NC(=O)CN2C. The second-order valence-corrected chi connectivity index (χ2v) is 7.57. The number of aryl methyl sites for hydroxylation is 1. The van der Waals surface area contributed by atoms with Crippen molar-refractivity contribution in [2.45, 2.75) is 31.8 Å². The first-order valence-electron chi connectivity index (χ1n) is 9.58. The van der Waals surface area contributed by atoms with Gasteiger partial charge in [0, 0.05) is 19.1 Å². The van der Waals surface area contributed by atoms with Gasteiger partial charge in [-0.2, -0.15) is 4.98 Å². The van der Waals surface area contributed by atoms with Crippen LogP contribution in [0.1, 0.15) is 18.5 Å². The summed E-state index contributed by atoms with van der Waals surface area (Å²) < 4.78 is 39.9. The van der Waals surface area contributed by atoms with Crippen molar-refractivity contribution >= 4 is 35.1 Å². The summed E-state index contributed by atoms with van der Waals surface area (Å²) in [5, 5.41) is 10.8. The van der Waals surface area contributed by atoms with E-state index in [2.05, 4.69) is 31.2 Å². The Labute approximate surface area is 175 Å². The van der Waals surface area contributed by atoms with Gasteiger partial charge in [-0.05, 0) is 31.9 Å². The molecule has 1 aromatic carbocycles. The normalized spacial score (nSPS) is 19.8. The largest absolute Gasteiger partial charge is 0.351 e. The molecular formula is C19H20F3N7O2. The van der Waals surface area contributed by atoms with E-state index in [1.54, 1.807) is 18.9 Å². The Kier molecular flexibility index (Phi) is 5.29. The van der Waals surface area contributed by atoms with Crippen molar-refractivity contribution in [3.63, 3.8) is 0 Å². The third kappa shape index (κ3) is 4.18. The predicted molar refractivity (Wildman–Crippen MR) is 108 cm³/mol. The number of benzene rings is 1. The van der Waals surface area contributed by atoms with E-state index in [9.17, 15) is 22.8 Å². The number of fused-ring (bicyclic) bond motifs is 1. The molecule has 0 spiro atoms. The van der Waals surface area contributed by atoms with Crippen LogP contribution in [-0.4, -0.2) is 47.6 Å². The maximum Gasteiger partial charge on any atom is 0.319 e. The highest BCUT2D eigenvalue weighted by Gasteiger charge is 2.32. The van der Waals surface area contributed by atoms with Crippen LogP contribution in [0.5, 0.6) is 0 Å². The van der Waals surface area contributed by atoms with Gasteiger partial charge in [0.1, 0.15) is 5.69 Å². The van der Waals surface area contributed by atoms with Gasteiger partial charge in [0.15, 0.2) is 23.3 Å². The molecule has 3 amide bonds. The zero-order valence-electron chi connectivity index (χ0n) is 16.7. The van der Waals surface area contributed by atoms with E-state index < -0.39 is 29.2 Å². The monoisotopic (exact) mass is 435 g/mol. The molecule has 0 radical (unpaired) electrons. The van der Waals surface area contributed by atoms with E-state index in [0.717, 1.165) is 12.1 Å². The number of hydrogen-bond acceptors (Lipinski definition) is 6. The van der Waals surface area contributed by atoms with E-state index in [0.29, 0.717) is 36.0 Å². The number of carbonyl (C=O) groups is 2. The fraction of sp³-hybridized carbons (Fsp3) is 0.368. The van der Waals surface area contributed by atoms with Gasteiger partial charge in [0.05, 0.1) is 17.9 Å². The second kappa shape index (κ2) is 7.93. The maximum absolute atomic E-state index is 13.7. The third-order valence-corrected chi connectivity index (χ3v) is 5.17. The first-order chi connectivity index (χ1) is 14.7. The lowest BCUT2D eigenvalue weighted by Crippen LogP contribution is -2.51. The number of aromatic nitrogens is 2. The third-order valence-electron chi connectivity index (χ3n) is 5.17. The molecule has 4 rings (SSSR count). The minimum atomic E-state index is -1.64. The van der Waals surface area contributed by atoms with Gasteiger partial charge in [0.2, 0.25) is 11.9 Å². The number of amides is 3. The molecule has 0 saturated heterocycles. The molecule has 0 unspecified atom stereocenters. The van der Waals surface area contributed by atoms with Crippen LogP contribution in [0.3, 0.4) is 0 Å². The fourth-order valence-electron chi connectivity index (χ4n) is 3.52. The van der Waals surface area contributed by atoms with Crippen molar-refractivity contribution in [2.24, 2.45) is 0 Å².